The number of primary amides is 1. The van der Waals surface area contributed by atoms with Crippen LogP contribution in [-0.2, 0) is 14.3 Å². The number of aromatic nitrogens is 1. The zero-order valence-electron chi connectivity index (χ0n) is 19.0. The number of carbonyl (C=O) groups excluding carboxylic acids is 2. The van der Waals surface area contributed by atoms with Crippen LogP contribution in [0.25, 0.3) is 11.8 Å². The Balaban J connectivity index is 1.89. The van der Waals surface area contributed by atoms with Gasteiger partial charge in [-0.15, -0.1) is 0 Å². The number of hydrogen-bond donors (Lipinski definition) is 1. The summed E-state index contributed by atoms with van der Waals surface area (Å²) >= 11 is 0. The Kier molecular flexibility index (Phi) is 7.49. The van der Waals surface area contributed by atoms with E-state index in [4.69, 9.17) is 15.2 Å². The Hall–Kier alpha value is -4.38. The van der Waals surface area contributed by atoms with Crippen molar-refractivity contribution in [2.45, 2.75) is 26.9 Å². The van der Waals surface area contributed by atoms with Gasteiger partial charge in [0.25, 0.3) is 5.91 Å². The number of carbonyl (C=O) groups is 2. The molecule has 0 spiro atoms. The molecule has 3 rings (SSSR count). The van der Waals surface area contributed by atoms with Crippen LogP contribution < -0.4 is 10.5 Å². The fraction of sp³-hybridized carbons (Fsp3) is 0.192. The van der Waals surface area contributed by atoms with Crippen LogP contribution in [0.4, 0.5) is 4.39 Å². The van der Waals surface area contributed by atoms with Gasteiger partial charge >= 0.3 is 5.97 Å². The topological polar surface area (TPSA) is 107 Å². The molecular weight excluding hydrogens is 437 g/mol. The van der Waals surface area contributed by atoms with Crippen molar-refractivity contribution in [1.29, 1.82) is 5.26 Å². The Morgan fingerprint density at radius 1 is 1.15 bits per heavy atom. The molecule has 0 fully saturated rings. The number of ether oxygens (including phenoxy) is 2. The highest BCUT2D eigenvalue weighted by atomic mass is 19.1. The van der Waals surface area contributed by atoms with Gasteiger partial charge in [0.05, 0.1) is 6.61 Å². The molecule has 0 saturated carbocycles. The van der Waals surface area contributed by atoms with Gasteiger partial charge in [0.1, 0.15) is 23.2 Å². The predicted octanol–water partition coefficient (Wildman–Crippen LogP) is 4.31. The zero-order valence-corrected chi connectivity index (χ0v) is 19.0. The molecule has 0 radical (unpaired) electrons. The summed E-state index contributed by atoms with van der Waals surface area (Å²) in [6.45, 7) is 6.25. The molecule has 0 aliphatic carbocycles. The van der Waals surface area contributed by atoms with Gasteiger partial charge in [-0.2, -0.15) is 5.26 Å². The Morgan fingerprint density at radius 2 is 1.79 bits per heavy atom. The largest absolute Gasteiger partial charge is 0.494 e. The van der Waals surface area contributed by atoms with Crippen molar-refractivity contribution in [2.75, 3.05) is 6.61 Å². The number of halogens is 1. The fourth-order valence-electron chi connectivity index (χ4n) is 3.58. The number of aryl methyl sites for hydroxylation is 1. The molecular formula is C26H24FN3O4. The number of benzene rings is 2. The fourth-order valence-corrected chi connectivity index (χ4v) is 3.58. The number of hydrogen-bond acceptors (Lipinski definition) is 5. The van der Waals surface area contributed by atoms with Gasteiger partial charge in [0.15, 0.2) is 0 Å². The highest BCUT2D eigenvalue weighted by Gasteiger charge is 2.25. The van der Waals surface area contributed by atoms with E-state index >= 15 is 0 Å². The molecule has 174 valence electrons. The van der Waals surface area contributed by atoms with E-state index in [2.05, 4.69) is 0 Å². The Morgan fingerprint density at radius 3 is 2.35 bits per heavy atom. The lowest BCUT2D eigenvalue weighted by Crippen LogP contribution is -2.26. The third kappa shape index (κ3) is 5.33. The number of nitrogens with zero attached hydrogens (tertiary/aromatic N) is 2. The monoisotopic (exact) mass is 461 g/mol. The van der Waals surface area contributed by atoms with Crippen LogP contribution in [0.5, 0.6) is 5.75 Å². The molecule has 3 aromatic rings. The van der Waals surface area contributed by atoms with Gasteiger partial charge in [0.2, 0.25) is 6.10 Å². The summed E-state index contributed by atoms with van der Waals surface area (Å²) in [5, 5.41) is 9.58. The highest BCUT2D eigenvalue weighted by Crippen LogP contribution is 2.25. The first-order valence-electron chi connectivity index (χ1n) is 10.5. The van der Waals surface area contributed by atoms with Gasteiger partial charge < -0.3 is 19.8 Å². The smallest absolute Gasteiger partial charge is 0.350 e. The lowest BCUT2D eigenvalue weighted by atomic mass is 10.1. The normalized spacial score (nSPS) is 12.0. The average molecular weight is 461 g/mol. The van der Waals surface area contributed by atoms with Crippen molar-refractivity contribution in [3.05, 3.63) is 88.5 Å². The van der Waals surface area contributed by atoms with Crippen LogP contribution >= 0.6 is 0 Å². The van der Waals surface area contributed by atoms with E-state index in [1.807, 2.05) is 61.7 Å². The standard InChI is InChI=1S/C26H24FN3O4/c1-4-33-23-11-9-22(10-12-23)30-16(2)13-19(17(30)3)14-20(15-28)26(32)34-24(25(29)31)18-5-7-21(27)8-6-18/h5-14,24H,4H2,1-3H3,(H2,29,31)/b20-14+. The van der Waals surface area contributed by atoms with E-state index < -0.39 is 23.8 Å². The number of nitrogens with two attached hydrogens (primary N) is 1. The van der Waals surface area contributed by atoms with Crippen molar-refractivity contribution in [3.8, 4) is 17.5 Å². The van der Waals surface area contributed by atoms with Crippen LogP contribution in [0.3, 0.4) is 0 Å². The second-order valence-corrected chi connectivity index (χ2v) is 7.50. The number of amides is 1. The van der Waals surface area contributed by atoms with E-state index in [0.717, 1.165) is 35.0 Å². The summed E-state index contributed by atoms with van der Waals surface area (Å²) in [5.74, 6) is -1.71. The number of esters is 1. The summed E-state index contributed by atoms with van der Waals surface area (Å²) in [7, 11) is 0. The van der Waals surface area contributed by atoms with Crippen LogP contribution in [0.15, 0.2) is 60.2 Å². The Labute approximate surface area is 196 Å². The van der Waals surface area contributed by atoms with E-state index in [-0.39, 0.29) is 11.1 Å². The minimum atomic E-state index is -1.46. The minimum absolute atomic E-state index is 0.202. The third-order valence-corrected chi connectivity index (χ3v) is 5.17. The molecule has 1 amide bonds. The van der Waals surface area contributed by atoms with Crippen molar-refractivity contribution in [1.82, 2.24) is 4.57 Å². The van der Waals surface area contributed by atoms with Crippen LogP contribution in [-0.4, -0.2) is 23.1 Å². The lowest BCUT2D eigenvalue weighted by Gasteiger charge is -2.14. The number of rotatable bonds is 8. The van der Waals surface area contributed by atoms with Gasteiger partial charge in [-0.3, -0.25) is 4.79 Å². The molecule has 0 aliphatic rings. The first-order chi connectivity index (χ1) is 16.2. The first-order valence-corrected chi connectivity index (χ1v) is 10.5. The molecule has 0 saturated heterocycles. The second-order valence-electron chi connectivity index (χ2n) is 7.50. The van der Waals surface area contributed by atoms with E-state index in [1.54, 1.807) is 0 Å². The molecule has 1 atom stereocenters. The summed E-state index contributed by atoms with van der Waals surface area (Å²) < 4.78 is 25.9. The predicted molar refractivity (Wildman–Crippen MR) is 124 cm³/mol. The summed E-state index contributed by atoms with van der Waals surface area (Å²) in [4.78, 5) is 24.5. The van der Waals surface area contributed by atoms with Gasteiger partial charge in [0, 0.05) is 22.6 Å². The summed E-state index contributed by atoms with van der Waals surface area (Å²) in [6.07, 6.45) is -0.0560. The van der Waals surface area contributed by atoms with E-state index in [0.29, 0.717) is 12.2 Å². The van der Waals surface area contributed by atoms with Crippen molar-refractivity contribution >= 4 is 18.0 Å². The van der Waals surface area contributed by atoms with E-state index in [9.17, 15) is 19.2 Å². The average Bonchev–Trinajstić information content (AvgIpc) is 3.09. The Bertz CT molecular complexity index is 1270. The first kappa shape index (κ1) is 24.3. The maximum Gasteiger partial charge on any atom is 0.350 e. The molecule has 34 heavy (non-hydrogen) atoms. The second kappa shape index (κ2) is 10.5. The van der Waals surface area contributed by atoms with Crippen LogP contribution in [0, 0.1) is 31.0 Å². The van der Waals surface area contributed by atoms with Crippen molar-refractivity contribution < 1.29 is 23.5 Å². The maximum atomic E-state index is 13.2. The molecule has 0 bridgehead atoms. The molecule has 0 aliphatic heterocycles. The molecule has 2 N–H and O–H groups in total. The minimum Gasteiger partial charge on any atom is -0.494 e. The molecule has 8 heteroatoms. The zero-order chi connectivity index (χ0) is 24.8. The SMILES string of the molecule is CCOc1ccc(-n2c(C)cc(/C=C(\C#N)C(=O)OC(C(N)=O)c3ccc(F)cc3)c2C)cc1. The molecule has 1 unspecified atom stereocenters. The number of nitriles is 1. The van der Waals surface area contributed by atoms with Crippen LogP contribution in [0.1, 0.15) is 35.5 Å². The molecule has 2 aromatic carbocycles. The van der Waals surface area contributed by atoms with Gasteiger partial charge in [-0.25, -0.2) is 9.18 Å². The third-order valence-electron chi connectivity index (χ3n) is 5.17. The highest BCUT2D eigenvalue weighted by molar-refractivity contribution is 5.99. The van der Waals surface area contributed by atoms with Gasteiger partial charge in [-0.05, 0) is 74.9 Å². The van der Waals surface area contributed by atoms with E-state index in [1.165, 1.54) is 18.2 Å². The van der Waals surface area contributed by atoms with Gasteiger partial charge in [-0.1, -0.05) is 12.1 Å². The quantitative estimate of drug-likeness (QED) is 0.306. The summed E-state index contributed by atoms with van der Waals surface area (Å²) in [5.41, 5.74) is 8.48. The molecule has 1 aromatic heterocycles. The lowest BCUT2D eigenvalue weighted by molar-refractivity contribution is -0.151. The van der Waals surface area contributed by atoms with Crippen molar-refractivity contribution in [3.63, 3.8) is 0 Å². The summed E-state index contributed by atoms with van der Waals surface area (Å²) in [6, 6.07) is 16.0. The van der Waals surface area contributed by atoms with Crippen molar-refractivity contribution in [2.24, 2.45) is 5.73 Å². The maximum absolute atomic E-state index is 13.2. The van der Waals surface area contributed by atoms with Crippen LogP contribution in [0.2, 0.25) is 0 Å². The molecule has 1 heterocycles. The molecule has 7 nitrogen and oxygen atoms in total.